The number of urea groups is 1. The highest BCUT2D eigenvalue weighted by Crippen LogP contribution is 2.28. The molecule has 1 saturated heterocycles. The highest BCUT2D eigenvalue weighted by molar-refractivity contribution is 5.94. The molecule has 1 aromatic carbocycles. The van der Waals surface area contributed by atoms with Crippen LogP contribution in [0.1, 0.15) is 44.1 Å². The molecule has 0 spiro atoms. The maximum atomic E-state index is 12.7. The number of hydrogen-bond donors (Lipinski definition) is 1. The van der Waals surface area contributed by atoms with Gasteiger partial charge in [-0.3, -0.25) is 9.69 Å². The number of para-hydroxylation sites is 1. The summed E-state index contributed by atoms with van der Waals surface area (Å²) in [5, 5.41) is 3.14. The third-order valence-electron chi connectivity index (χ3n) is 5.91. The van der Waals surface area contributed by atoms with Crippen molar-refractivity contribution in [3.8, 4) is 0 Å². The second-order valence-corrected chi connectivity index (χ2v) is 7.58. The zero-order valence-corrected chi connectivity index (χ0v) is 14.7. The van der Waals surface area contributed by atoms with E-state index in [2.05, 4.69) is 11.4 Å². The molecule has 2 heterocycles. The molecule has 5 heteroatoms. The lowest BCUT2D eigenvalue weighted by molar-refractivity contribution is -0.135. The topological polar surface area (TPSA) is 52.7 Å². The van der Waals surface area contributed by atoms with Gasteiger partial charge in [0.15, 0.2) is 0 Å². The van der Waals surface area contributed by atoms with Crippen LogP contribution in [0.15, 0.2) is 24.3 Å². The zero-order chi connectivity index (χ0) is 17.2. The number of anilines is 1. The predicted octanol–water partition coefficient (Wildman–Crippen LogP) is 2.94. The Bertz CT molecular complexity index is 654. The van der Waals surface area contributed by atoms with Crippen molar-refractivity contribution in [2.45, 2.75) is 51.0 Å². The maximum Gasteiger partial charge on any atom is 0.322 e. The first-order valence-electron chi connectivity index (χ1n) is 9.67. The molecule has 1 saturated carbocycles. The summed E-state index contributed by atoms with van der Waals surface area (Å²) >= 11 is 0. The van der Waals surface area contributed by atoms with E-state index in [1.54, 1.807) is 0 Å². The maximum absolute atomic E-state index is 12.7. The van der Waals surface area contributed by atoms with Gasteiger partial charge in [0, 0.05) is 37.3 Å². The fourth-order valence-corrected chi connectivity index (χ4v) is 4.49. The first kappa shape index (κ1) is 16.4. The molecule has 0 bridgehead atoms. The molecule has 0 radical (unpaired) electrons. The SMILES string of the molecule is O=C(C1CCCCC1)N1CC[C@H](NC(=O)N2CCc3ccccc32)C1. The Hall–Kier alpha value is -2.04. The first-order chi connectivity index (χ1) is 12.2. The molecule has 2 aliphatic heterocycles. The van der Waals surface area contributed by atoms with Crippen LogP contribution in [0, 0.1) is 5.92 Å². The van der Waals surface area contributed by atoms with Crippen LogP contribution in [0.3, 0.4) is 0 Å². The van der Waals surface area contributed by atoms with Gasteiger partial charge in [0.1, 0.15) is 0 Å². The molecule has 1 aromatic rings. The van der Waals surface area contributed by atoms with Gasteiger partial charge in [-0.25, -0.2) is 4.79 Å². The van der Waals surface area contributed by atoms with Crippen LogP contribution in [-0.4, -0.2) is 42.5 Å². The van der Waals surface area contributed by atoms with Crippen molar-refractivity contribution in [3.05, 3.63) is 29.8 Å². The van der Waals surface area contributed by atoms with E-state index >= 15 is 0 Å². The Balaban J connectivity index is 1.32. The van der Waals surface area contributed by atoms with Gasteiger partial charge >= 0.3 is 6.03 Å². The number of nitrogens with one attached hydrogen (secondary N) is 1. The van der Waals surface area contributed by atoms with Gasteiger partial charge < -0.3 is 10.2 Å². The van der Waals surface area contributed by atoms with Crippen LogP contribution in [0.25, 0.3) is 0 Å². The monoisotopic (exact) mass is 341 g/mol. The summed E-state index contributed by atoms with van der Waals surface area (Å²) in [5.41, 5.74) is 2.26. The van der Waals surface area contributed by atoms with E-state index in [1.807, 2.05) is 28.0 Å². The van der Waals surface area contributed by atoms with Gasteiger partial charge in [0.2, 0.25) is 5.91 Å². The molecule has 0 aromatic heterocycles. The van der Waals surface area contributed by atoms with E-state index in [9.17, 15) is 9.59 Å². The zero-order valence-electron chi connectivity index (χ0n) is 14.7. The Morgan fingerprint density at radius 2 is 1.80 bits per heavy atom. The molecule has 4 rings (SSSR count). The second kappa shape index (κ2) is 7.06. The van der Waals surface area contributed by atoms with Gasteiger partial charge in [-0.05, 0) is 37.3 Å². The fraction of sp³-hybridized carbons (Fsp3) is 0.600. The van der Waals surface area contributed by atoms with Crippen molar-refractivity contribution in [3.63, 3.8) is 0 Å². The average Bonchev–Trinajstić information content (AvgIpc) is 3.28. The summed E-state index contributed by atoms with van der Waals surface area (Å²) < 4.78 is 0. The first-order valence-corrected chi connectivity index (χ1v) is 9.67. The van der Waals surface area contributed by atoms with E-state index in [1.165, 1.54) is 24.8 Å². The molecular weight excluding hydrogens is 314 g/mol. The number of nitrogens with zero attached hydrogens (tertiary/aromatic N) is 2. The molecule has 3 aliphatic rings. The van der Waals surface area contributed by atoms with Crippen molar-refractivity contribution < 1.29 is 9.59 Å². The fourth-order valence-electron chi connectivity index (χ4n) is 4.49. The van der Waals surface area contributed by atoms with Gasteiger partial charge in [-0.1, -0.05) is 37.5 Å². The molecule has 3 amide bonds. The number of carbonyl (C=O) groups excluding carboxylic acids is 2. The number of likely N-dealkylation sites (tertiary alicyclic amines) is 1. The molecular formula is C20H27N3O2. The minimum atomic E-state index is -0.0260. The largest absolute Gasteiger partial charge is 0.340 e. The van der Waals surface area contributed by atoms with E-state index in [0.29, 0.717) is 12.5 Å². The lowest BCUT2D eigenvalue weighted by Crippen LogP contribution is -2.46. The molecule has 5 nitrogen and oxygen atoms in total. The van der Waals surface area contributed by atoms with Gasteiger partial charge in [-0.15, -0.1) is 0 Å². The lowest BCUT2D eigenvalue weighted by Gasteiger charge is -2.26. The molecule has 1 aliphatic carbocycles. The Morgan fingerprint density at radius 3 is 2.64 bits per heavy atom. The van der Waals surface area contributed by atoms with Crippen molar-refractivity contribution in [2.24, 2.45) is 5.92 Å². The number of carbonyl (C=O) groups is 2. The summed E-state index contributed by atoms with van der Waals surface area (Å²) in [7, 11) is 0. The van der Waals surface area contributed by atoms with Crippen LogP contribution < -0.4 is 10.2 Å². The van der Waals surface area contributed by atoms with Crippen molar-refractivity contribution >= 4 is 17.6 Å². The summed E-state index contributed by atoms with van der Waals surface area (Å²) in [6.07, 6.45) is 7.48. The van der Waals surface area contributed by atoms with Crippen molar-refractivity contribution in [1.82, 2.24) is 10.2 Å². The van der Waals surface area contributed by atoms with Crippen LogP contribution in [0.5, 0.6) is 0 Å². The van der Waals surface area contributed by atoms with E-state index in [-0.39, 0.29) is 18.0 Å². The highest BCUT2D eigenvalue weighted by atomic mass is 16.2. The quantitative estimate of drug-likeness (QED) is 0.899. The highest BCUT2D eigenvalue weighted by Gasteiger charge is 2.33. The van der Waals surface area contributed by atoms with Gasteiger partial charge in [0.05, 0.1) is 0 Å². The number of fused-ring (bicyclic) bond motifs is 1. The van der Waals surface area contributed by atoms with Crippen molar-refractivity contribution in [1.29, 1.82) is 0 Å². The predicted molar refractivity (Wildman–Crippen MR) is 97.6 cm³/mol. The molecule has 1 atom stereocenters. The minimum Gasteiger partial charge on any atom is -0.340 e. The number of hydrogen-bond acceptors (Lipinski definition) is 2. The standard InChI is InChI=1S/C20H27N3O2/c24-19(16-7-2-1-3-8-16)22-12-11-17(14-22)21-20(25)23-13-10-15-6-4-5-9-18(15)23/h4-6,9,16-17H,1-3,7-8,10-14H2,(H,21,25)/t17-/m0/s1. The minimum absolute atomic E-state index is 0.0260. The Labute approximate surface area is 149 Å². The molecule has 1 N–H and O–H groups in total. The Kier molecular flexibility index (Phi) is 4.64. The Morgan fingerprint density at radius 1 is 1.00 bits per heavy atom. The van der Waals surface area contributed by atoms with E-state index in [0.717, 1.165) is 44.5 Å². The lowest BCUT2D eigenvalue weighted by atomic mass is 9.88. The normalized spacial score (nSPS) is 23.6. The van der Waals surface area contributed by atoms with Crippen LogP contribution >= 0.6 is 0 Å². The number of benzene rings is 1. The van der Waals surface area contributed by atoms with Gasteiger partial charge in [-0.2, -0.15) is 0 Å². The average molecular weight is 341 g/mol. The third-order valence-corrected chi connectivity index (χ3v) is 5.91. The second-order valence-electron chi connectivity index (χ2n) is 7.58. The van der Waals surface area contributed by atoms with Crippen molar-refractivity contribution in [2.75, 3.05) is 24.5 Å². The summed E-state index contributed by atoms with van der Waals surface area (Å²) in [6.45, 7) is 2.18. The number of rotatable bonds is 2. The van der Waals surface area contributed by atoms with Crippen LogP contribution in [0.2, 0.25) is 0 Å². The third kappa shape index (κ3) is 3.37. The molecule has 0 unspecified atom stereocenters. The number of amides is 3. The smallest absolute Gasteiger partial charge is 0.322 e. The molecule has 25 heavy (non-hydrogen) atoms. The summed E-state index contributed by atoms with van der Waals surface area (Å²) in [5.74, 6) is 0.525. The summed E-state index contributed by atoms with van der Waals surface area (Å²) in [4.78, 5) is 29.1. The van der Waals surface area contributed by atoms with Crippen LogP contribution in [-0.2, 0) is 11.2 Å². The van der Waals surface area contributed by atoms with Gasteiger partial charge in [0.25, 0.3) is 0 Å². The van der Waals surface area contributed by atoms with Crippen LogP contribution in [0.4, 0.5) is 10.5 Å². The molecule has 2 fully saturated rings. The summed E-state index contributed by atoms with van der Waals surface area (Å²) in [6, 6.07) is 8.14. The van der Waals surface area contributed by atoms with E-state index < -0.39 is 0 Å². The van der Waals surface area contributed by atoms with E-state index in [4.69, 9.17) is 0 Å². The molecule has 134 valence electrons.